The maximum absolute atomic E-state index is 12.4. The summed E-state index contributed by atoms with van der Waals surface area (Å²) in [7, 11) is 0. The maximum Gasteiger partial charge on any atom is 0.335 e. The first-order chi connectivity index (χ1) is 12.4. The zero-order chi connectivity index (χ0) is 18.8. The van der Waals surface area contributed by atoms with Gasteiger partial charge >= 0.3 is 12.0 Å². The summed E-state index contributed by atoms with van der Waals surface area (Å²) >= 11 is 0. The fourth-order valence-corrected chi connectivity index (χ4v) is 2.57. The molecule has 0 spiro atoms. The van der Waals surface area contributed by atoms with Gasteiger partial charge in [0.15, 0.2) is 0 Å². The molecule has 0 atom stereocenters. The van der Waals surface area contributed by atoms with Crippen LogP contribution in [0, 0.1) is 10.1 Å². The molecule has 0 aliphatic carbocycles. The van der Waals surface area contributed by atoms with E-state index in [9.17, 15) is 24.8 Å². The van der Waals surface area contributed by atoms with Gasteiger partial charge in [-0.15, -0.1) is 0 Å². The van der Waals surface area contributed by atoms with Gasteiger partial charge in [-0.3, -0.25) is 15.0 Å². The molecule has 0 aromatic heterocycles. The summed E-state index contributed by atoms with van der Waals surface area (Å²) in [6.07, 6.45) is 1.64. The Hall–Kier alpha value is -3.88. The number of carbonyl (C=O) groups is 2. The summed E-state index contributed by atoms with van der Waals surface area (Å²) in [6.45, 7) is 0.101. The van der Waals surface area contributed by atoms with E-state index in [4.69, 9.17) is 5.11 Å². The number of benzene rings is 2. The highest BCUT2D eigenvalue weighted by atomic mass is 16.6. The number of carboxylic acids is 1. The zero-order valence-electron chi connectivity index (χ0n) is 13.2. The van der Waals surface area contributed by atoms with Crippen molar-refractivity contribution in [3.63, 3.8) is 0 Å². The van der Waals surface area contributed by atoms with E-state index in [0.717, 1.165) is 6.07 Å². The second-order valence-corrected chi connectivity index (χ2v) is 5.47. The molecule has 1 aliphatic heterocycles. The lowest BCUT2D eigenvalue weighted by Crippen LogP contribution is -2.43. The molecule has 3 N–H and O–H groups in total. The van der Waals surface area contributed by atoms with Crippen LogP contribution in [-0.4, -0.2) is 33.7 Å². The molecular weight excluding hydrogens is 342 g/mol. The largest absolute Gasteiger partial charge is 0.506 e. The quantitative estimate of drug-likeness (QED) is 0.570. The molecule has 3 rings (SSSR count). The van der Waals surface area contributed by atoms with Crippen molar-refractivity contribution in [1.82, 2.24) is 5.32 Å². The molecule has 9 nitrogen and oxygen atoms in total. The number of phenols is 1. The number of nitrogens with one attached hydrogen (secondary N) is 1. The number of hydrogen-bond acceptors (Lipinski definition) is 5. The average Bonchev–Trinajstić information content (AvgIpc) is 2.62. The van der Waals surface area contributed by atoms with Crippen molar-refractivity contribution >= 4 is 29.1 Å². The highest BCUT2D eigenvalue weighted by Gasteiger charge is 2.24. The number of aromatic hydroxyl groups is 1. The highest BCUT2D eigenvalue weighted by Crippen LogP contribution is 2.30. The lowest BCUT2D eigenvalue weighted by Gasteiger charge is -2.28. The van der Waals surface area contributed by atoms with Crippen molar-refractivity contribution in [2.24, 2.45) is 0 Å². The summed E-state index contributed by atoms with van der Waals surface area (Å²) in [5.41, 5.74) is 0.856. The Kier molecular flexibility index (Phi) is 4.27. The SMILES string of the molecule is O=C(O)c1ccc(N2CC=C(c3cccc([N+](=O)[O-])c3)NC2=O)c(O)c1. The van der Waals surface area contributed by atoms with Crippen LogP contribution in [0.15, 0.2) is 48.5 Å². The molecule has 0 fully saturated rings. The number of urea groups is 1. The third-order valence-electron chi connectivity index (χ3n) is 3.85. The number of rotatable bonds is 4. The van der Waals surface area contributed by atoms with E-state index in [-0.39, 0.29) is 29.2 Å². The minimum absolute atomic E-state index is 0.0954. The molecule has 2 aromatic carbocycles. The minimum atomic E-state index is -1.19. The van der Waals surface area contributed by atoms with Crippen molar-refractivity contribution in [2.45, 2.75) is 0 Å². The van der Waals surface area contributed by atoms with Gasteiger partial charge in [0.2, 0.25) is 0 Å². The van der Waals surface area contributed by atoms with Crippen LogP contribution < -0.4 is 10.2 Å². The minimum Gasteiger partial charge on any atom is -0.506 e. The Labute approximate surface area is 146 Å². The van der Waals surface area contributed by atoms with E-state index in [1.807, 2.05) is 0 Å². The van der Waals surface area contributed by atoms with Crippen molar-refractivity contribution in [3.05, 3.63) is 69.8 Å². The average molecular weight is 355 g/mol. The number of phenolic OH excluding ortho intramolecular Hbond substituents is 1. The first-order valence-electron chi connectivity index (χ1n) is 7.46. The van der Waals surface area contributed by atoms with Crippen molar-refractivity contribution in [2.75, 3.05) is 11.4 Å². The number of aromatic carboxylic acids is 1. The molecule has 0 saturated heterocycles. The van der Waals surface area contributed by atoms with Crippen LogP contribution in [-0.2, 0) is 0 Å². The van der Waals surface area contributed by atoms with Crippen LogP contribution in [0.3, 0.4) is 0 Å². The molecular formula is C17H13N3O6. The first-order valence-corrected chi connectivity index (χ1v) is 7.46. The van der Waals surface area contributed by atoms with E-state index < -0.39 is 16.9 Å². The molecule has 9 heteroatoms. The van der Waals surface area contributed by atoms with E-state index in [2.05, 4.69) is 5.32 Å². The number of nitro groups is 1. The third-order valence-corrected chi connectivity index (χ3v) is 3.85. The van der Waals surface area contributed by atoms with Gasteiger partial charge < -0.3 is 15.5 Å². The second kappa shape index (κ2) is 6.55. The number of carbonyl (C=O) groups excluding carboxylic acids is 1. The van der Waals surface area contributed by atoms with Crippen LogP contribution in [0.5, 0.6) is 5.75 Å². The number of non-ortho nitro benzene ring substituents is 1. The van der Waals surface area contributed by atoms with Crippen LogP contribution in [0.25, 0.3) is 5.70 Å². The van der Waals surface area contributed by atoms with Gasteiger partial charge in [-0.25, -0.2) is 9.59 Å². The summed E-state index contributed by atoms with van der Waals surface area (Å²) in [6, 6.07) is 8.98. The van der Waals surface area contributed by atoms with E-state index in [0.29, 0.717) is 11.3 Å². The van der Waals surface area contributed by atoms with Gasteiger partial charge in [-0.05, 0) is 24.3 Å². The van der Waals surface area contributed by atoms with Crippen LogP contribution in [0.1, 0.15) is 15.9 Å². The normalized spacial score (nSPS) is 13.8. The molecule has 0 bridgehead atoms. The standard InChI is InChI=1S/C17H13N3O6/c21-15-9-11(16(22)23)4-5-14(15)19-7-6-13(18-17(19)24)10-2-1-3-12(8-10)20(25)26/h1-6,8-9,21H,7H2,(H,18,24)(H,22,23). The van der Waals surface area contributed by atoms with Crippen molar-refractivity contribution in [3.8, 4) is 5.75 Å². The predicted molar refractivity (Wildman–Crippen MR) is 92.0 cm³/mol. The molecule has 0 radical (unpaired) electrons. The Balaban J connectivity index is 1.88. The fourth-order valence-electron chi connectivity index (χ4n) is 2.57. The molecule has 2 aromatic rings. The molecule has 1 heterocycles. The van der Waals surface area contributed by atoms with E-state index in [1.54, 1.807) is 12.1 Å². The maximum atomic E-state index is 12.4. The number of anilines is 1. The third kappa shape index (κ3) is 3.18. The smallest absolute Gasteiger partial charge is 0.335 e. The number of nitrogens with zero attached hydrogens (tertiary/aromatic N) is 2. The topological polar surface area (TPSA) is 133 Å². The van der Waals surface area contributed by atoms with Crippen molar-refractivity contribution < 1.29 is 24.7 Å². The second-order valence-electron chi connectivity index (χ2n) is 5.47. The summed E-state index contributed by atoms with van der Waals surface area (Å²) in [5, 5.41) is 32.4. The van der Waals surface area contributed by atoms with Gasteiger partial charge in [0.25, 0.3) is 5.69 Å². The number of carboxylic acid groups (broad SMARTS) is 1. The Bertz CT molecular complexity index is 953. The van der Waals surface area contributed by atoms with Gasteiger partial charge in [0, 0.05) is 29.9 Å². The molecule has 2 amide bonds. The highest BCUT2D eigenvalue weighted by molar-refractivity contribution is 6.01. The zero-order valence-corrected chi connectivity index (χ0v) is 13.2. The summed E-state index contributed by atoms with van der Waals surface area (Å²) < 4.78 is 0. The predicted octanol–water partition coefficient (Wildman–Crippen LogP) is 2.57. The fraction of sp³-hybridized carbons (Fsp3) is 0.0588. The van der Waals surface area contributed by atoms with Crippen molar-refractivity contribution in [1.29, 1.82) is 0 Å². The molecule has 0 unspecified atom stereocenters. The lowest BCUT2D eigenvalue weighted by atomic mass is 10.1. The monoisotopic (exact) mass is 355 g/mol. The molecule has 26 heavy (non-hydrogen) atoms. The molecule has 1 aliphatic rings. The van der Waals surface area contributed by atoms with Gasteiger partial charge in [0.1, 0.15) is 5.75 Å². The number of hydrogen-bond donors (Lipinski definition) is 3. The van der Waals surface area contributed by atoms with Crippen LogP contribution in [0.4, 0.5) is 16.2 Å². The number of amides is 2. The van der Waals surface area contributed by atoms with E-state index in [1.165, 1.54) is 35.2 Å². The van der Waals surface area contributed by atoms with E-state index >= 15 is 0 Å². The molecule has 132 valence electrons. The number of nitro benzene ring substituents is 1. The van der Waals surface area contributed by atoms with Gasteiger partial charge in [-0.1, -0.05) is 12.1 Å². The Morgan fingerprint density at radius 1 is 1.23 bits per heavy atom. The van der Waals surface area contributed by atoms with Crippen LogP contribution in [0.2, 0.25) is 0 Å². The molecule has 0 saturated carbocycles. The van der Waals surface area contributed by atoms with Gasteiger partial charge in [-0.2, -0.15) is 0 Å². The summed E-state index contributed by atoms with van der Waals surface area (Å²) in [5.74, 6) is -1.53. The first kappa shape index (κ1) is 17.0. The van der Waals surface area contributed by atoms with Gasteiger partial charge in [0.05, 0.1) is 16.2 Å². The summed E-state index contributed by atoms with van der Waals surface area (Å²) in [4.78, 5) is 34.9. The Morgan fingerprint density at radius 2 is 2.00 bits per heavy atom. The van der Waals surface area contributed by atoms with Crippen LogP contribution >= 0.6 is 0 Å². The Morgan fingerprint density at radius 3 is 2.62 bits per heavy atom. The lowest BCUT2D eigenvalue weighted by molar-refractivity contribution is -0.384.